The van der Waals surface area contributed by atoms with Crippen molar-refractivity contribution in [3.05, 3.63) is 81.4 Å². The summed E-state index contributed by atoms with van der Waals surface area (Å²) in [5.74, 6) is 1.50. The Labute approximate surface area is 198 Å². The van der Waals surface area contributed by atoms with Crippen molar-refractivity contribution in [3.8, 4) is 5.75 Å². The van der Waals surface area contributed by atoms with Gasteiger partial charge in [0.2, 0.25) is 0 Å². The molecule has 1 aliphatic rings. The Morgan fingerprint density at radius 2 is 1.82 bits per heavy atom. The van der Waals surface area contributed by atoms with Crippen LogP contribution in [-0.4, -0.2) is 50.3 Å². The Balaban J connectivity index is 1.59. The first kappa shape index (κ1) is 22.3. The van der Waals surface area contributed by atoms with Gasteiger partial charge < -0.3 is 9.72 Å². The second kappa shape index (κ2) is 9.77. The summed E-state index contributed by atoms with van der Waals surface area (Å²) in [5.41, 5.74) is 3.59. The molecular weight excluding hydrogens is 428 g/mol. The number of tetrazole rings is 1. The molecule has 0 saturated carbocycles. The molecule has 1 aliphatic heterocycles. The van der Waals surface area contributed by atoms with Gasteiger partial charge >= 0.3 is 0 Å². The molecule has 0 aliphatic carbocycles. The predicted molar refractivity (Wildman–Crippen MR) is 131 cm³/mol. The molecule has 4 aromatic rings. The lowest BCUT2D eigenvalue weighted by molar-refractivity contribution is 0.220. The van der Waals surface area contributed by atoms with Gasteiger partial charge in [0.25, 0.3) is 5.56 Å². The third-order valence-electron chi connectivity index (χ3n) is 6.71. The molecule has 34 heavy (non-hydrogen) atoms. The zero-order chi connectivity index (χ0) is 23.5. The van der Waals surface area contributed by atoms with Gasteiger partial charge in [0.15, 0.2) is 5.82 Å². The highest BCUT2D eigenvalue weighted by Gasteiger charge is 2.31. The molecule has 8 heteroatoms. The number of ether oxygens (including phenoxy) is 1. The first-order valence-corrected chi connectivity index (χ1v) is 11.9. The quantitative estimate of drug-likeness (QED) is 0.472. The summed E-state index contributed by atoms with van der Waals surface area (Å²) in [6.07, 6.45) is 4.60. The van der Waals surface area contributed by atoms with Crippen LogP contribution in [0.2, 0.25) is 0 Å². The topological polar surface area (TPSA) is 88.9 Å². The molecule has 1 atom stereocenters. The fourth-order valence-corrected chi connectivity index (χ4v) is 4.88. The second-order valence-electron chi connectivity index (χ2n) is 8.99. The average molecular weight is 459 g/mol. The lowest BCUT2D eigenvalue weighted by atomic mass is 10.0. The lowest BCUT2D eigenvalue weighted by Crippen LogP contribution is -2.36. The minimum Gasteiger partial charge on any atom is -0.497 e. The summed E-state index contributed by atoms with van der Waals surface area (Å²) in [7, 11) is 1.66. The average Bonchev–Trinajstić information content (AvgIpc) is 3.12. The molecule has 0 amide bonds. The SMILES string of the molecule is COc1ccc(Cn2nnnc2[C@@H](c2cc3cccc(C)c3[nH]c2=O)N2CCCCCC2)cc1. The predicted octanol–water partition coefficient (Wildman–Crippen LogP) is 3.85. The third-order valence-corrected chi connectivity index (χ3v) is 6.71. The molecule has 1 saturated heterocycles. The number of nitrogens with one attached hydrogen (secondary N) is 1. The summed E-state index contributed by atoms with van der Waals surface area (Å²) in [6, 6.07) is 15.7. The molecule has 176 valence electrons. The van der Waals surface area contributed by atoms with E-state index in [2.05, 4.69) is 25.4 Å². The van der Waals surface area contributed by atoms with E-state index in [1.807, 2.05) is 60.1 Å². The van der Waals surface area contributed by atoms with Crippen LogP contribution in [0.1, 0.15) is 54.2 Å². The fraction of sp³-hybridized carbons (Fsp3) is 0.385. The van der Waals surface area contributed by atoms with Gasteiger partial charge in [-0.1, -0.05) is 43.2 Å². The molecule has 5 rings (SSSR count). The fourth-order valence-electron chi connectivity index (χ4n) is 4.88. The van der Waals surface area contributed by atoms with Gasteiger partial charge in [-0.3, -0.25) is 9.69 Å². The number of benzene rings is 2. The zero-order valence-corrected chi connectivity index (χ0v) is 19.7. The minimum absolute atomic E-state index is 0.0879. The summed E-state index contributed by atoms with van der Waals surface area (Å²) >= 11 is 0. The Morgan fingerprint density at radius 1 is 1.06 bits per heavy atom. The van der Waals surface area contributed by atoms with Crippen LogP contribution in [-0.2, 0) is 6.54 Å². The van der Waals surface area contributed by atoms with E-state index in [0.29, 0.717) is 17.9 Å². The summed E-state index contributed by atoms with van der Waals surface area (Å²) < 4.78 is 7.10. The molecule has 0 spiro atoms. The molecule has 2 aromatic heterocycles. The van der Waals surface area contributed by atoms with Crippen LogP contribution in [0.3, 0.4) is 0 Å². The van der Waals surface area contributed by atoms with E-state index in [1.165, 1.54) is 12.8 Å². The number of methoxy groups -OCH3 is 1. The summed E-state index contributed by atoms with van der Waals surface area (Å²) in [4.78, 5) is 18.9. The number of hydrogen-bond donors (Lipinski definition) is 1. The number of pyridine rings is 1. The van der Waals surface area contributed by atoms with Crippen molar-refractivity contribution >= 4 is 10.9 Å². The molecule has 0 bridgehead atoms. The Kier molecular flexibility index (Phi) is 6.40. The number of hydrogen-bond acceptors (Lipinski definition) is 6. The zero-order valence-electron chi connectivity index (χ0n) is 19.7. The van der Waals surface area contributed by atoms with Gasteiger partial charge in [-0.15, -0.1) is 5.10 Å². The van der Waals surface area contributed by atoms with Crippen molar-refractivity contribution in [1.82, 2.24) is 30.1 Å². The number of H-pyrrole nitrogens is 1. The largest absolute Gasteiger partial charge is 0.497 e. The van der Waals surface area contributed by atoms with Crippen molar-refractivity contribution in [2.24, 2.45) is 0 Å². The third kappa shape index (κ3) is 4.46. The standard InChI is InChI=1S/C26H30N6O2/c1-18-8-7-9-20-16-22(26(33)27-23(18)20)24(31-14-5-3-4-6-15-31)25-28-29-30-32(25)17-19-10-12-21(34-2)13-11-19/h7-13,16,24H,3-6,14-15,17H2,1-2H3,(H,27,33)/t24-/m1/s1. The number of aromatic amines is 1. The van der Waals surface area contributed by atoms with Gasteiger partial charge in [0.1, 0.15) is 11.8 Å². The van der Waals surface area contributed by atoms with Crippen LogP contribution in [0.25, 0.3) is 10.9 Å². The first-order chi connectivity index (χ1) is 16.6. The maximum absolute atomic E-state index is 13.4. The van der Waals surface area contributed by atoms with Gasteiger partial charge in [-0.05, 0) is 78.0 Å². The van der Waals surface area contributed by atoms with Crippen molar-refractivity contribution in [2.75, 3.05) is 20.2 Å². The van der Waals surface area contributed by atoms with Crippen LogP contribution in [0.4, 0.5) is 0 Å². The highest BCUT2D eigenvalue weighted by molar-refractivity contribution is 5.82. The van der Waals surface area contributed by atoms with Crippen LogP contribution in [0, 0.1) is 6.92 Å². The maximum atomic E-state index is 13.4. The number of aromatic nitrogens is 5. The number of fused-ring (bicyclic) bond motifs is 1. The maximum Gasteiger partial charge on any atom is 0.253 e. The van der Waals surface area contributed by atoms with E-state index < -0.39 is 0 Å². The molecule has 0 radical (unpaired) electrons. The minimum atomic E-state index is -0.319. The smallest absolute Gasteiger partial charge is 0.253 e. The Bertz CT molecular complexity index is 1320. The first-order valence-electron chi connectivity index (χ1n) is 11.9. The van der Waals surface area contributed by atoms with E-state index in [9.17, 15) is 4.79 Å². The van der Waals surface area contributed by atoms with Gasteiger partial charge in [0, 0.05) is 5.56 Å². The summed E-state index contributed by atoms with van der Waals surface area (Å²) in [6.45, 7) is 4.34. The van der Waals surface area contributed by atoms with Crippen LogP contribution in [0.15, 0.2) is 53.3 Å². The molecule has 8 nitrogen and oxygen atoms in total. The van der Waals surface area contributed by atoms with Crippen LogP contribution in [0.5, 0.6) is 5.75 Å². The number of aryl methyl sites for hydroxylation is 1. The Hall–Kier alpha value is -3.52. The molecule has 0 unspecified atom stereocenters. The molecule has 2 aromatic carbocycles. The Morgan fingerprint density at radius 3 is 2.56 bits per heavy atom. The van der Waals surface area contributed by atoms with E-state index >= 15 is 0 Å². The van der Waals surface area contributed by atoms with Crippen molar-refractivity contribution in [1.29, 1.82) is 0 Å². The highest BCUT2D eigenvalue weighted by Crippen LogP contribution is 2.29. The van der Waals surface area contributed by atoms with Crippen molar-refractivity contribution < 1.29 is 4.74 Å². The number of para-hydroxylation sites is 1. The van der Waals surface area contributed by atoms with Crippen molar-refractivity contribution in [2.45, 2.75) is 45.2 Å². The molecule has 1 fully saturated rings. The molecular formula is C26H30N6O2. The van der Waals surface area contributed by atoms with Crippen LogP contribution >= 0.6 is 0 Å². The molecule has 3 heterocycles. The van der Waals surface area contributed by atoms with Crippen molar-refractivity contribution in [3.63, 3.8) is 0 Å². The van der Waals surface area contributed by atoms with E-state index in [4.69, 9.17) is 4.74 Å². The van der Waals surface area contributed by atoms with E-state index in [1.54, 1.807) is 7.11 Å². The highest BCUT2D eigenvalue weighted by atomic mass is 16.5. The van der Waals surface area contributed by atoms with E-state index in [0.717, 1.165) is 53.7 Å². The summed E-state index contributed by atoms with van der Waals surface area (Å²) in [5, 5.41) is 13.8. The van der Waals surface area contributed by atoms with Gasteiger partial charge in [-0.2, -0.15) is 0 Å². The van der Waals surface area contributed by atoms with Gasteiger partial charge in [0.05, 0.1) is 19.2 Å². The number of likely N-dealkylation sites (tertiary alicyclic amines) is 1. The van der Waals surface area contributed by atoms with Gasteiger partial charge in [-0.25, -0.2) is 4.68 Å². The molecule has 1 N–H and O–H groups in total. The normalized spacial score (nSPS) is 15.8. The monoisotopic (exact) mass is 458 g/mol. The lowest BCUT2D eigenvalue weighted by Gasteiger charge is -2.29. The number of nitrogens with zero attached hydrogens (tertiary/aromatic N) is 5. The van der Waals surface area contributed by atoms with Crippen LogP contribution < -0.4 is 10.3 Å². The van der Waals surface area contributed by atoms with E-state index in [-0.39, 0.29) is 11.6 Å². The number of rotatable bonds is 6. The second-order valence-corrected chi connectivity index (χ2v) is 8.99.